The van der Waals surface area contributed by atoms with Gasteiger partial charge in [0.25, 0.3) is 0 Å². The first kappa shape index (κ1) is 9.71. The molecule has 0 radical (unpaired) electrons. The Morgan fingerprint density at radius 2 is 2.00 bits per heavy atom. The molecule has 0 nitrogen and oxygen atoms in total. The summed E-state index contributed by atoms with van der Waals surface area (Å²) in [5.41, 5.74) is 0. The number of hydrogen-bond acceptors (Lipinski definition) is 1. The van der Waals surface area contributed by atoms with E-state index in [0.29, 0.717) is 12.2 Å². The Kier molecular flexibility index (Phi) is 14.7. The third-order valence-corrected chi connectivity index (χ3v) is 0.608. The van der Waals surface area contributed by atoms with E-state index in [2.05, 4.69) is 12.6 Å². The van der Waals surface area contributed by atoms with Crippen LogP contribution >= 0.6 is 12.6 Å². The molecule has 0 aliphatic carbocycles. The van der Waals surface area contributed by atoms with Crippen LogP contribution in [0.15, 0.2) is 0 Å². The average Bonchev–Trinajstić information content (AvgIpc) is 1.41. The highest BCUT2D eigenvalue weighted by Gasteiger charge is 1.72. The van der Waals surface area contributed by atoms with Gasteiger partial charge < -0.3 is 0 Å². The molecule has 0 bridgehead atoms. The summed E-state index contributed by atoms with van der Waals surface area (Å²) in [6, 6.07) is 0. The minimum absolute atomic E-state index is 0. The van der Waals surface area contributed by atoms with E-state index in [-0.39, 0.29) is 17.6 Å². The molecule has 0 aromatic heterocycles. The second kappa shape index (κ2) is 9.09. The van der Waals surface area contributed by atoms with Crippen LogP contribution in [-0.4, -0.2) is 23.4 Å². The Morgan fingerprint density at radius 3 is 2.00 bits per heavy atom. The number of rotatable bonds is 2. The Labute approximate surface area is 47.6 Å². The van der Waals surface area contributed by atoms with E-state index in [0.717, 1.165) is 0 Å². The zero-order valence-electron chi connectivity index (χ0n) is 2.95. The van der Waals surface area contributed by atoms with Gasteiger partial charge >= 0.3 is 0 Å². The van der Waals surface area contributed by atoms with Gasteiger partial charge in [-0.05, 0) is 23.1 Å². The fraction of sp³-hybridized carbons (Fsp3) is 1.00. The molecule has 0 aromatic rings. The molecule has 0 saturated heterocycles. The highest BCUT2D eigenvalue weighted by atomic mass is 32.1. The second-order valence-electron chi connectivity index (χ2n) is 0.766. The standard InChI is InChI=1S/C3H7FS.H4Si/c4-2-1-3-5;/h5H,1-3H2;1H4. The van der Waals surface area contributed by atoms with Crippen molar-refractivity contribution in [2.24, 2.45) is 0 Å². The van der Waals surface area contributed by atoms with Gasteiger partial charge in [-0.2, -0.15) is 12.6 Å². The Balaban J connectivity index is 0. The molecule has 0 aliphatic rings. The number of thiol groups is 1. The summed E-state index contributed by atoms with van der Waals surface area (Å²) in [6.07, 6.45) is 0.586. The van der Waals surface area contributed by atoms with E-state index in [1.807, 2.05) is 0 Å². The molecule has 6 heavy (non-hydrogen) atoms. The Hall–Kier alpha value is 0.497. The van der Waals surface area contributed by atoms with Gasteiger partial charge in [-0.1, -0.05) is 0 Å². The fourth-order valence-corrected chi connectivity index (χ4v) is 0.179. The molecule has 0 atom stereocenters. The van der Waals surface area contributed by atoms with Gasteiger partial charge in [0.15, 0.2) is 0 Å². The van der Waals surface area contributed by atoms with Gasteiger partial charge in [0.2, 0.25) is 0 Å². The van der Waals surface area contributed by atoms with E-state index < -0.39 is 0 Å². The molecule has 0 aromatic carbocycles. The lowest BCUT2D eigenvalue weighted by atomic mass is 10.6. The summed E-state index contributed by atoms with van der Waals surface area (Å²) >= 11 is 3.76. The molecule has 0 N–H and O–H groups in total. The Bertz CT molecular complexity index is 18.3. The largest absolute Gasteiger partial charge is 0.251 e. The molecule has 0 fully saturated rings. The summed E-state index contributed by atoms with van der Waals surface area (Å²) in [5.74, 6) is 0.663. The Morgan fingerprint density at radius 1 is 1.50 bits per heavy atom. The van der Waals surface area contributed by atoms with Crippen LogP contribution in [0.25, 0.3) is 0 Å². The molecule has 0 amide bonds. The fourth-order valence-electron chi connectivity index (χ4n) is 0.0598. The maximum atomic E-state index is 10.9. The van der Waals surface area contributed by atoms with Crippen molar-refractivity contribution in [3.8, 4) is 0 Å². The summed E-state index contributed by atoms with van der Waals surface area (Å²) in [4.78, 5) is 0. The maximum absolute atomic E-state index is 10.9. The quantitative estimate of drug-likeness (QED) is 0.385. The van der Waals surface area contributed by atoms with Gasteiger partial charge in [0.1, 0.15) is 0 Å². The van der Waals surface area contributed by atoms with Gasteiger partial charge in [-0.3, -0.25) is 4.39 Å². The lowest BCUT2D eigenvalue weighted by Crippen LogP contribution is -1.72. The van der Waals surface area contributed by atoms with Crippen molar-refractivity contribution >= 4 is 23.6 Å². The zero-order chi connectivity index (χ0) is 4.12. The van der Waals surface area contributed by atoms with Crippen molar-refractivity contribution in [1.82, 2.24) is 0 Å². The van der Waals surface area contributed by atoms with Crippen molar-refractivity contribution in [3.05, 3.63) is 0 Å². The van der Waals surface area contributed by atoms with Crippen LogP contribution in [0.1, 0.15) is 6.42 Å². The van der Waals surface area contributed by atoms with Gasteiger partial charge in [-0.15, -0.1) is 0 Å². The van der Waals surface area contributed by atoms with Gasteiger partial charge in [0, 0.05) is 0 Å². The van der Waals surface area contributed by atoms with Crippen LogP contribution in [0.3, 0.4) is 0 Å². The first-order chi connectivity index (χ1) is 2.41. The predicted octanol–water partition coefficient (Wildman–Crippen LogP) is -0.176. The van der Waals surface area contributed by atoms with E-state index in [1.54, 1.807) is 0 Å². The topological polar surface area (TPSA) is 0 Å². The van der Waals surface area contributed by atoms with Crippen molar-refractivity contribution in [1.29, 1.82) is 0 Å². The van der Waals surface area contributed by atoms with E-state index >= 15 is 0 Å². The van der Waals surface area contributed by atoms with Crippen molar-refractivity contribution in [2.75, 3.05) is 12.4 Å². The van der Waals surface area contributed by atoms with Crippen LogP contribution in [0.4, 0.5) is 4.39 Å². The first-order valence-corrected chi connectivity index (χ1v) is 2.22. The van der Waals surface area contributed by atoms with E-state index in [4.69, 9.17) is 0 Å². The number of halogens is 1. The van der Waals surface area contributed by atoms with Crippen molar-refractivity contribution in [2.45, 2.75) is 6.42 Å². The highest BCUT2D eigenvalue weighted by molar-refractivity contribution is 7.80. The SMILES string of the molecule is FCCCS.[SiH4]. The summed E-state index contributed by atoms with van der Waals surface area (Å²) in [6.45, 7) is -0.233. The molecule has 0 saturated carbocycles. The molecule has 0 unspecified atom stereocenters. The molecular formula is C3H11FSSi. The maximum Gasteiger partial charge on any atom is 0.0902 e. The predicted molar refractivity (Wildman–Crippen MR) is 35.8 cm³/mol. The lowest BCUT2D eigenvalue weighted by Gasteiger charge is -1.76. The third kappa shape index (κ3) is 8.82. The first-order valence-electron chi connectivity index (χ1n) is 1.58. The van der Waals surface area contributed by atoms with Crippen molar-refractivity contribution in [3.63, 3.8) is 0 Å². The lowest BCUT2D eigenvalue weighted by molar-refractivity contribution is 0.490. The minimum atomic E-state index is -0.233. The summed E-state index contributed by atoms with van der Waals surface area (Å²) < 4.78 is 10.9. The van der Waals surface area contributed by atoms with Crippen LogP contribution < -0.4 is 0 Å². The van der Waals surface area contributed by atoms with Crippen LogP contribution in [-0.2, 0) is 0 Å². The highest BCUT2D eigenvalue weighted by Crippen LogP contribution is 1.80. The van der Waals surface area contributed by atoms with Crippen LogP contribution in [0, 0.1) is 0 Å². The van der Waals surface area contributed by atoms with Crippen LogP contribution in [0.2, 0.25) is 0 Å². The zero-order valence-corrected chi connectivity index (χ0v) is 3.84. The van der Waals surface area contributed by atoms with Gasteiger partial charge in [0.05, 0.1) is 6.67 Å². The van der Waals surface area contributed by atoms with E-state index in [9.17, 15) is 4.39 Å². The minimum Gasteiger partial charge on any atom is -0.251 e. The molecule has 3 heteroatoms. The van der Waals surface area contributed by atoms with Crippen LogP contribution in [0.5, 0.6) is 0 Å². The average molecular weight is 126 g/mol. The van der Waals surface area contributed by atoms with Gasteiger partial charge in [-0.25, -0.2) is 0 Å². The number of hydrogen-bond donors (Lipinski definition) is 1. The normalized spacial score (nSPS) is 7.00. The van der Waals surface area contributed by atoms with E-state index in [1.165, 1.54) is 0 Å². The molecule has 0 rings (SSSR count). The molecular weight excluding hydrogens is 115 g/mol. The molecule has 0 heterocycles. The monoisotopic (exact) mass is 126 g/mol. The molecule has 0 spiro atoms. The molecule has 0 aliphatic heterocycles. The molecule has 40 valence electrons. The summed E-state index contributed by atoms with van der Waals surface area (Å²) in [7, 11) is 0. The second-order valence-corrected chi connectivity index (χ2v) is 1.21. The number of alkyl halides is 1. The summed E-state index contributed by atoms with van der Waals surface area (Å²) in [5, 5.41) is 0. The third-order valence-electron chi connectivity index (χ3n) is 0.292. The smallest absolute Gasteiger partial charge is 0.0902 e. The van der Waals surface area contributed by atoms with Crippen molar-refractivity contribution < 1.29 is 4.39 Å².